The molecule has 1 aliphatic rings. The number of nitrogens with one attached hydrogen (secondary N) is 2. The molecule has 0 radical (unpaired) electrons. The standard InChI is InChI=1S/C22H25ClN6S/c1-2-12-29(21-18-20(25-13-24-18)26-14-27-21)19(15-8-10-16(23)11-9-15)22(30)28-17-6-4-3-5-7-17/h2,8-11,13-14,17,19H,1,3-7,12H2,(H,28,30)(H,24,25,26,27). The fraction of sp³-hybridized carbons (Fsp3) is 0.364. The summed E-state index contributed by atoms with van der Waals surface area (Å²) < 4.78 is 0. The summed E-state index contributed by atoms with van der Waals surface area (Å²) in [6, 6.07) is 8.01. The molecule has 0 aliphatic heterocycles. The van der Waals surface area contributed by atoms with Gasteiger partial charge in [0.15, 0.2) is 11.5 Å². The van der Waals surface area contributed by atoms with Crippen LogP contribution in [0.15, 0.2) is 49.6 Å². The molecule has 6 nitrogen and oxygen atoms in total. The molecule has 2 N–H and O–H groups in total. The third kappa shape index (κ3) is 4.47. The maximum atomic E-state index is 6.16. The van der Waals surface area contributed by atoms with Gasteiger partial charge < -0.3 is 15.2 Å². The largest absolute Gasteiger partial charge is 0.375 e. The van der Waals surface area contributed by atoms with Crippen LogP contribution >= 0.6 is 23.8 Å². The minimum absolute atomic E-state index is 0.224. The van der Waals surface area contributed by atoms with Gasteiger partial charge in [-0.2, -0.15) is 0 Å². The molecule has 1 atom stereocenters. The number of nitrogens with zero attached hydrogens (tertiary/aromatic N) is 4. The Morgan fingerprint density at radius 1 is 1.23 bits per heavy atom. The van der Waals surface area contributed by atoms with Crippen LogP contribution < -0.4 is 10.2 Å². The molecule has 1 aromatic carbocycles. The topological polar surface area (TPSA) is 69.7 Å². The Balaban J connectivity index is 1.75. The molecule has 8 heteroatoms. The lowest BCUT2D eigenvalue weighted by atomic mass is 9.95. The number of halogens is 1. The number of hydrogen-bond donors (Lipinski definition) is 2. The van der Waals surface area contributed by atoms with Gasteiger partial charge in [0.05, 0.1) is 6.33 Å². The fourth-order valence-corrected chi connectivity index (χ4v) is 4.62. The zero-order valence-corrected chi connectivity index (χ0v) is 18.3. The first kappa shape index (κ1) is 20.8. The van der Waals surface area contributed by atoms with Gasteiger partial charge >= 0.3 is 0 Å². The molecule has 2 aromatic heterocycles. The normalized spacial score (nSPS) is 15.6. The number of aromatic nitrogens is 4. The molecule has 0 saturated heterocycles. The van der Waals surface area contributed by atoms with Crippen LogP contribution in [0.2, 0.25) is 5.02 Å². The highest BCUT2D eigenvalue weighted by molar-refractivity contribution is 7.80. The van der Waals surface area contributed by atoms with Crippen molar-refractivity contribution in [3.05, 3.63) is 60.2 Å². The summed E-state index contributed by atoms with van der Waals surface area (Å²) in [5, 5.41) is 4.33. The third-order valence-corrected chi connectivity index (χ3v) is 6.09. The van der Waals surface area contributed by atoms with Crippen molar-refractivity contribution < 1.29 is 0 Å². The van der Waals surface area contributed by atoms with E-state index >= 15 is 0 Å². The van der Waals surface area contributed by atoms with Gasteiger partial charge in [-0.3, -0.25) is 0 Å². The molecule has 1 unspecified atom stereocenters. The summed E-state index contributed by atoms with van der Waals surface area (Å²) in [4.78, 5) is 19.2. The molecule has 30 heavy (non-hydrogen) atoms. The number of benzene rings is 1. The monoisotopic (exact) mass is 440 g/mol. The lowest BCUT2D eigenvalue weighted by molar-refractivity contribution is 0.412. The minimum Gasteiger partial charge on any atom is -0.375 e. The molecule has 1 aliphatic carbocycles. The minimum atomic E-state index is -0.224. The molecule has 1 saturated carbocycles. The molecule has 156 valence electrons. The van der Waals surface area contributed by atoms with E-state index in [1.807, 2.05) is 30.3 Å². The number of fused-ring (bicyclic) bond motifs is 1. The lowest BCUT2D eigenvalue weighted by Gasteiger charge is -2.35. The van der Waals surface area contributed by atoms with E-state index < -0.39 is 0 Å². The molecule has 0 spiro atoms. The molecule has 3 aromatic rings. The summed E-state index contributed by atoms with van der Waals surface area (Å²) in [5.41, 5.74) is 2.44. The van der Waals surface area contributed by atoms with Crippen molar-refractivity contribution in [1.82, 2.24) is 25.3 Å². The fourth-order valence-electron chi connectivity index (χ4n) is 4.07. The highest BCUT2D eigenvalue weighted by Crippen LogP contribution is 2.31. The molecular formula is C22H25ClN6S. The predicted molar refractivity (Wildman–Crippen MR) is 126 cm³/mol. The molecule has 0 bridgehead atoms. The van der Waals surface area contributed by atoms with Crippen molar-refractivity contribution in [2.75, 3.05) is 11.4 Å². The summed E-state index contributed by atoms with van der Waals surface area (Å²) in [6.45, 7) is 4.52. The van der Waals surface area contributed by atoms with Crippen LogP contribution in [-0.4, -0.2) is 37.5 Å². The van der Waals surface area contributed by atoms with Gasteiger partial charge in [0.2, 0.25) is 0 Å². The molecule has 4 rings (SSSR count). The number of thiocarbonyl (C=S) groups is 1. The van der Waals surface area contributed by atoms with Gasteiger partial charge in [-0.15, -0.1) is 6.58 Å². The first-order chi connectivity index (χ1) is 14.7. The Morgan fingerprint density at radius 2 is 2.00 bits per heavy atom. The molecule has 2 heterocycles. The Kier molecular flexibility index (Phi) is 6.59. The summed E-state index contributed by atoms with van der Waals surface area (Å²) in [6.07, 6.45) is 11.1. The maximum absolute atomic E-state index is 6.16. The number of aromatic amines is 1. The summed E-state index contributed by atoms with van der Waals surface area (Å²) in [7, 11) is 0. The van der Waals surface area contributed by atoms with Crippen molar-refractivity contribution in [1.29, 1.82) is 0 Å². The highest BCUT2D eigenvalue weighted by atomic mass is 35.5. The van der Waals surface area contributed by atoms with Crippen molar-refractivity contribution in [3.63, 3.8) is 0 Å². The molecule has 1 fully saturated rings. The number of imidazole rings is 1. The van der Waals surface area contributed by atoms with Crippen LogP contribution in [0, 0.1) is 0 Å². The zero-order valence-electron chi connectivity index (χ0n) is 16.7. The first-order valence-electron chi connectivity index (χ1n) is 10.2. The van der Waals surface area contributed by atoms with Crippen molar-refractivity contribution in [3.8, 4) is 0 Å². The quantitative estimate of drug-likeness (QED) is 0.398. The van der Waals surface area contributed by atoms with E-state index in [-0.39, 0.29) is 6.04 Å². The van der Waals surface area contributed by atoms with Gasteiger partial charge in [-0.25, -0.2) is 15.0 Å². The number of hydrogen-bond acceptors (Lipinski definition) is 5. The van der Waals surface area contributed by atoms with E-state index in [0.717, 1.165) is 34.7 Å². The zero-order chi connectivity index (χ0) is 20.9. The van der Waals surface area contributed by atoms with Crippen LogP contribution in [0.3, 0.4) is 0 Å². The van der Waals surface area contributed by atoms with Gasteiger partial charge in [0, 0.05) is 17.6 Å². The average molecular weight is 441 g/mol. The van der Waals surface area contributed by atoms with Gasteiger partial charge in [-0.05, 0) is 30.5 Å². The van der Waals surface area contributed by atoms with Crippen LogP contribution in [-0.2, 0) is 0 Å². The second-order valence-corrected chi connectivity index (χ2v) is 8.41. The lowest BCUT2D eigenvalue weighted by Crippen LogP contribution is -2.44. The Labute approximate surface area is 186 Å². The van der Waals surface area contributed by atoms with Crippen molar-refractivity contribution in [2.24, 2.45) is 0 Å². The van der Waals surface area contributed by atoms with E-state index in [9.17, 15) is 0 Å². The number of H-pyrrole nitrogens is 1. The van der Waals surface area contributed by atoms with Crippen LogP contribution in [0.5, 0.6) is 0 Å². The van der Waals surface area contributed by atoms with E-state index in [4.69, 9.17) is 23.8 Å². The second kappa shape index (κ2) is 9.53. The van der Waals surface area contributed by atoms with Crippen molar-refractivity contribution >= 4 is 45.8 Å². The Bertz CT molecular complexity index is 1010. The highest BCUT2D eigenvalue weighted by Gasteiger charge is 2.29. The average Bonchev–Trinajstić information content (AvgIpc) is 3.24. The van der Waals surface area contributed by atoms with E-state index in [1.54, 1.807) is 6.33 Å². The van der Waals surface area contributed by atoms with E-state index in [2.05, 4.69) is 36.7 Å². The maximum Gasteiger partial charge on any atom is 0.182 e. The van der Waals surface area contributed by atoms with Crippen LogP contribution in [0.4, 0.5) is 5.82 Å². The number of anilines is 1. The van der Waals surface area contributed by atoms with Crippen LogP contribution in [0.1, 0.15) is 43.7 Å². The SMILES string of the molecule is C=CCN(c1ncnc2nc[nH]c12)C(C(=S)NC1CCCCC1)c1ccc(Cl)cc1. The molecular weight excluding hydrogens is 416 g/mol. The smallest absolute Gasteiger partial charge is 0.182 e. The third-order valence-electron chi connectivity index (χ3n) is 5.50. The predicted octanol–water partition coefficient (Wildman–Crippen LogP) is 4.99. The first-order valence-corrected chi connectivity index (χ1v) is 11.0. The Morgan fingerprint density at radius 3 is 2.73 bits per heavy atom. The second-order valence-electron chi connectivity index (χ2n) is 7.54. The van der Waals surface area contributed by atoms with E-state index in [0.29, 0.717) is 23.3 Å². The summed E-state index contributed by atoms with van der Waals surface area (Å²) in [5.74, 6) is 0.741. The van der Waals surface area contributed by atoms with Gasteiger partial charge in [-0.1, -0.05) is 61.3 Å². The Hall–Kier alpha value is -2.51. The van der Waals surface area contributed by atoms with Crippen LogP contribution in [0.25, 0.3) is 11.2 Å². The summed E-state index contributed by atoms with van der Waals surface area (Å²) >= 11 is 12.1. The van der Waals surface area contributed by atoms with Crippen molar-refractivity contribution in [2.45, 2.75) is 44.2 Å². The van der Waals surface area contributed by atoms with Gasteiger partial charge in [0.1, 0.15) is 22.9 Å². The van der Waals surface area contributed by atoms with E-state index in [1.165, 1.54) is 25.6 Å². The molecule has 0 amide bonds. The van der Waals surface area contributed by atoms with Gasteiger partial charge in [0.25, 0.3) is 0 Å². The number of rotatable bonds is 7.